The van der Waals surface area contributed by atoms with E-state index in [1.54, 1.807) is 0 Å². The van der Waals surface area contributed by atoms with Gasteiger partial charge in [0.25, 0.3) is 10.2 Å². The molecule has 8 heteroatoms. The predicted molar refractivity (Wildman–Crippen MR) is 60.1 cm³/mol. The van der Waals surface area contributed by atoms with Gasteiger partial charge in [-0.15, -0.1) is 0 Å². The van der Waals surface area contributed by atoms with Crippen molar-refractivity contribution in [2.45, 2.75) is 6.42 Å². The number of hydrogen-bond acceptors (Lipinski definition) is 4. The zero-order chi connectivity index (χ0) is 12.6. The van der Waals surface area contributed by atoms with E-state index in [1.165, 1.54) is 21.2 Å². The van der Waals surface area contributed by atoms with E-state index in [0.29, 0.717) is 6.61 Å². The van der Waals surface area contributed by atoms with Gasteiger partial charge in [0.15, 0.2) is 0 Å². The summed E-state index contributed by atoms with van der Waals surface area (Å²) in [4.78, 5) is 11.1. The minimum Gasteiger partial charge on any atom is -0.384 e. The number of nitrogens with one attached hydrogen (secondary N) is 2. The van der Waals surface area contributed by atoms with Crippen LogP contribution >= 0.6 is 0 Å². The van der Waals surface area contributed by atoms with Crippen LogP contribution in [0.5, 0.6) is 0 Å². The van der Waals surface area contributed by atoms with Crippen LogP contribution in [-0.2, 0) is 19.7 Å². The van der Waals surface area contributed by atoms with Gasteiger partial charge in [0.2, 0.25) is 5.91 Å². The Labute approximate surface area is 96.3 Å². The Morgan fingerprint density at radius 1 is 1.31 bits per heavy atom. The average Bonchev–Trinajstić information content (AvgIpc) is 2.21. The molecule has 7 nitrogen and oxygen atoms in total. The highest BCUT2D eigenvalue weighted by molar-refractivity contribution is 7.87. The molecule has 0 aliphatic heterocycles. The maximum atomic E-state index is 11.2. The Kier molecular flexibility index (Phi) is 7.22. The summed E-state index contributed by atoms with van der Waals surface area (Å²) in [5.41, 5.74) is 0. The van der Waals surface area contributed by atoms with Crippen LogP contribution in [0.1, 0.15) is 6.42 Å². The molecule has 0 bridgehead atoms. The van der Waals surface area contributed by atoms with E-state index in [1.807, 2.05) is 0 Å². The Hall–Kier alpha value is -0.700. The smallest absolute Gasteiger partial charge is 0.278 e. The standard InChI is InChI=1S/C8H19N3O4S/c1-11(2)16(13,14)10-6-5-9-8(12)4-7-15-3/h10H,4-7H2,1-3H3,(H,9,12). The van der Waals surface area contributed by atoms with E-state index in [0.717, 1.165) is 4.31 Å². The number of methoxy groups -OCH3 is 1. The topological polar surface area (TPSA) is 87.7 Å². The second-order valence-electron chi connectivity index (χ2n) is 3.27. The minimum absolute atomic E-state index is 0.161. The van der Waals surface area contributed by atoms with Crippen LogP contribution in [0.3, 0.4) is 0 Å². The van der Waals surface area contributed by atoms with Gasteiger partial charge in [-0.25, -0.2) is 4.72 Å². The Bertz CT molecular complexity index is 302. The van der Waals surface area contributed by atoms with Gasteiger partial charge >= 0.3 is 0 Å². The molecule has 0 unspecified atom stereocenters. The first kappa shape index (κ1) is 15.3. The molecule has 1 amide bonds. The van der Waals surface area contributed by atoms with Crippen LogP contribution in [0.4, 0.5) is 0 Å². The number of carbonyl (C=O) groups is 1. The highest BCUT2D eigenvalue weighted by Gasteiger charge is 2.11. The Morgan fingerprint density at radius 3 is 2.44 bits per heavy atom. The van der Waals surface area contributed by atoms with Crippen LogP contribution < -0.4 is 10.0 Å². The molecule has 0 spiro atoms. The number of amides is 1. The molecule has 0 atom stereocenters. The predicted octanol–water partition coefficient (Wildman–Crippen LogP) is -1.46. The molecular formula is C8H19N3O4S. The summed E-state index contributed by atoms with van der Waals surface area (Å²) in [6.07, 6.45) is 0.275. The molecular weight excluding hydrogens is 234 g/mol. The van der Waals surface area contributed by atoms with Gasteiger partial charge in [0.05, 0.1) is 6.61 Å². The lowest BCUT2D eigenvalue weighted by Gasteiger charge is -2.12. The lowest BCUT2D eigenvalue weighted by molar-refractivity contribution is -0.121. The molecule has 0 aliphatic carbocycles. The summed E-state index contributed by atoms with van der Waals surface area (Å²) in [6.45, 7) is 0.782. The highest BCUT2D eigenvalue weighted by Crippen LogP contribution is 1.86. The number of ether oxygens (including phenoxy) is 1. The second-order valence-corrected chi connectivity index (χ2v) is 5.24. The van der Waals surface area contributed by atoms with Crippen molar-refractivity contribution in [1.82, 2.24) is 14.3 Å². The van der Waals surface area contributed by atoms with Crippen molar-refractivity contribution in [1.29, 1.82) is 0 Å². The van der Waals surface area contributed by atoms with Gasteiger partial charge < -0.3 is 10.1 Å². The van der Waals surface area contributed by atoms with Gasteiger partial charge in [-0.1, -0.05) is 0 Å². The van der Waals surface area contributed by atoms with E-state index in [9.17, 15) is 13.2 Å². The first-order valence-electron chi connectivity index (χ1n) is 4.83. The van der Waals surface area contributed by atoms with Crippen LogP contribution in [-0.4, -0.2) is 59.5 Å². The minimum atomic E-state index is -3.41. The summed E-state index contributed by atoms with van der Waals surface area (Å²) < 4.78 is 30.6. The fraction of sp³-hybridized carbons (Fsp3) is 0.875. The van der Waals surface area contributed by atoms with Gasteiger partial charge in [-0.2, -0.15) is 12.7 Å². The molecule has 0 aromatic carbocycles. The maximum absolute atomic E-state index is 11.2. The lowest BCUT2D eigenvalue weighted by Crippen LogP contribution is -2.40. The summed E-state index contributed by atoms with van der Waals surface area (Å²) in [7, 11) is 0.967. The number of carbonyl (C=O) groups excluding carboxylic acids is 1. The normalized spacial score (nSPS) is 11.8. The van der Waals surface area contributed by atoms with Crippen molar-refractivity contribution >= 4 is 16.1 Å². The molecule has 0 aromatic heterocycles. The Balaban J connectivity index is 3.65. The van der Waals surface area contributed by atoms with Crippen LogP contribution in [0, 0.1) is 0 Å². The molecule has 0 heterocycles. The molecule has 2 N–H and O–H groups in total. The Morgan fingerprint density at radius 2 is 1.94 bits per heavy atom. The van der Waals surface area contributed by atoms with Crippen LogP contribution in [0.25, 0.3) is 0 Å². The highest BCUT2D eigenvalue weighted by atomic mass is 32.2. The quantitative estimate of drug-likeness (QED) is 0.517. The monoisotopic (exact) mass is 253 g/mol. The molecule has 96 valence electrons. The third-order valence-electron chi connectivity index (χ3n) is 1.75. The van der Waals surface area contributed by atoms with E-state index in [-0.39, 0.29) is 25.4 Å². The molecule has 0 rings (SSSR count). The first-order valence-corrected chi connectivity index (χ1v) is 6.27. The molecule has 0 saturated carbocycles. The van der Waals surface area contributed by atoms with Crippen molar-refractivity contribution in [3.63, 3.8) is 0 Å². The van der Waals surface area contributed by atoms with Crippen molar-refractivity contribution in [2.24, 2.45) is 0 Å². The summed E-state index contributed by atoms with van der Waals surface area (Å²) in [5, 5.41) is 2.56. The van der Waals surface area contributed by atoms with E-state index in [2.05, 4.69) is 10.0 Å². The van der Waals surface area contributed by atoms with Crippen LogP contribution in [0.2, 0.25) is 0 Å². The summed E-state index contributed by atoms with van der Waals surface area (Å²) in [5.74, 6) is -0.161. The van der Waals surface area contributed by atoms with Crippen LogP contribution in [0.15, 0.2) is 0 Å². The third-order valence-corrected chi connectivity index (χ3v) is 3.28. The van der Waals surface area contributed by atoms with Gasteiger partial charge in [0.1, 0.15) is 0 Å². The zero-order valence-corrected chi connectivity index (χ0v) is 10.6. The fourth-order valence-corrected chi connectivity index (χ4v) is 1.41. The number of rotatable bonds is 8. The number of hydrogen-bond donors (Lipinski definition) is 2. The van der Waals surface area contributed by atoms with E-state index in [4.69, 9.17) is 4.74 Å². The van der Waals surface area contributed by atoms with Crippen molar-refractivity contribution in [3.8, 4) is 0 Å². The molecule has 0 aliphatic rings. The van der Waals surface area contributed by atoms with E-state index >= 15 is 0 Å². The van der Waals surface area contributed by atoms with Gasteiger partial charge in [-0.3, -0.25) is 4.79 Å². The van der Waals surface area contributed by atoms with Gasteiger partial charge in [-0.05, 0) is 0 Å². The van der Waals surface area contributed by atoms with Gasteiger partial charge in [0, 0.05) is 40.7 Å². The number of nitrogens with zero attached hydrogens (tertiary/aromatic N) is 1. The fourth-order valence-electron chi connectivity index (χ4n) is 0.794. The molecule has 0 radical (unpaired) electrons. The van der Waals surface area contributed by atoms with E-state index < -0.39 is 10.2 Å². The largest absolute Gasteiger partial charge is 0.384 e. The SMILES string of the molecule is COCCC(=O)NCCNS(=O)(=O)N(C)C. The molecule has 0 saturated heterocycles. The maximum Gasteiger partial charge on any atom is 0.278 e. The van der Waals surface area contributed by atoms with Crippen molar-refractivity contribution < 1.29 is 17.9 Å². The average molecular weight is 253 g/mol. The second kappa shape index (κ2) is 7.55. The molecule has 0 fully saturated rings. The first-order chi connectivity index (χ1) is 7.40. The molecule has 0 aromatic rings. The third kappa shape index (κ3) is 6.72. The zero-order valence-electron chi connectivity index (χ0n) is 9.82. The van der Waals surface area contributed by atoms with Crippen molar-refractivity contribution in [3.05, 3.63) is 0 Å². The summed E-state index contributed by atoms with van der Waals surface area (Å²) in [6, 6.07) is 0. The molecule has 16 heavy (non-hydrogen) atoms. The van der Waals surface area contributed by atoms with Crippen molar-refractivity contribution in [2.75, 3.05) is 40.9 Å². The lowest BCUT2D eigenvalue weighted by atomic mass is 10.4. The summed E-state index contributed by atoms with van der Waals surface area (Å²) >= 11 is 0.